The highest BCUT2D eigenvalue weighted by molar-refractivity contribution is 7.90. The van der Waals surface area contributed by atoms with Crippen LogP contribution >= 0.6 is 11.3 Å². The average Bonchev–Trinajstić information content (AvgIpc) is 3.30. The second-order valence-electron chi connectivity index (χ2n) is 8.77. The third-order valence-electron chi connectivity index (χ3n) is 6.25. The molecule has 1 saturated heterocycles. The molecule has 2 atom stereocenters. The zero-order valence-corrected chi connectivity index (χ0v) is 19.8. The molecule has 0 bridgehead atoms. The zero-order valence-electron chi connectivity index (χ0n) is 18.1. The molecule has 0 aromatic carbocycles. The first-order chi connectivity index (χ1) is 14.3. The van der Waals surface area contributed by atoms with Gasteiger partial charge in [0.15, 0.2) is 0 Å². The molecule has 1 fully saturated rings. The minimum atomic E-state index is -3.00. The standard InChI is InChI=1S/C21H32N4O3S2/c1-4-5-18-12-19-20(29-18)6-10-28-21(19)7-8-24(16(2)13-21)14-17-15-25(23-22-17)9-11-30(3,26)27/h12,15-16H,4-11,13-14H2,1-3H3/t16-,21+/m0/s1. The summed E-state index contributed by atoms with van der Waals surface area (Å²) in [6, 6.07) is 2.79. The van der Waals surface area contributed by atoms with Gasteiger partial charge in [0.25, 0.3) is 0 Å². The highest BCUT2D eigenvalue weighted by atomic mass is 32.2. The van der Waals surface area contributed by atoms with Crippen molar-refractivity contribution in [1.82, 2.24) is 19.9 Å². The van der Waals surface area contributed by atoms with Gasteiger partial charge in [0.1, 0.15) is 9.84 Å². The lowest BCUT2D eigenvalue weighted by atomic mass is 9.79. The molecule has 7 nitrogen and oxygen atoms in total. The number of fused-ring (bicyclic) bond motifs is 2. The molecule has 0 radical (unpaired) electrons. The van der Waals surface area contributed by atoms with Crippen molar-refractivity contribution in [1.29, 1.82) is 0 Å². The smallest absolute Gasteiger partial charge is 0.149 e. The Kier molecular flexibility index (Phi) is 6.35. The van der Waals surface area contributed by atoms with E-state index in [2.05, 4.69) is 35.1 Å². The van der Waals surface area contributed by atoms with Gasteiger partial charge in [0, 0.05) is 47.8 Å². The number of hydrogen-bond donors (Lipinski definition) is 0. The predicted octanol–water partition coefficient (Wildman–Crippen LogP) is 2.79. The molecule has 0 amide bonds. The Labute approximate surface area is 183 Å². The maximum atomic E-state index is 11.4. The summed E-state index contributed by atoms with van der Waals surface area (Å²) in [7, 11) is -3.00. The molecule has 2 aromatic heterocycles. The maximum Gasteiger partial charge on any atom is 0.149 e. The molecule has 0 saturated carbocycles. The molecule has 2 aromatic rings. The van der Waals surface area contributed by atoms with Crippen LogP contribution in [-0.4, -0.2) is 59.5 Å². The molecule has 0 N–H and O–H groups in total. The fourth-order valence-corrected chi connectivity index (χ4v) is 6.55. The summed E-state index contributed by atoms with van der Waals surface area (Å²) in [5, 5.41) is 8.35. The van der Waals surface area contributed by atoms with Crippen molar-refractivity contribution in [2.24, 2.45) is 0 Å². The Hall–Kier alpha value is -1.29. The largest absolute Gasteiger partial charge is 0.370 e. The number of aromatic nitrogens is 3. The van der Waals surface area contributed by atoms with Gasteiger partial charge in [-0.05, 0) is 37.8 Å². The number of likely N-dealkylation sites (tertiary alicyclic amines) is 1. The molecule has 4 heterocycles. The average molecular weight is 453 g/mol. The Morgan fingerprint density at radius 3 is 2.97 bits per heavy atom. The number of thiophene rings is 1. The van der Waals surface area contributed by atoms with Gasteiger partial charge in [-0.1, -0.05) is 18.6 Å². The summed E-state index contributed by atoms with van der Waals surface area (Å²) in [6.07, 6.45) is 8.48. The Morgan fingerprint density at radius 2 is 2.23 bits per heavy atom. The van der Waals surface area contributed by atoms with Crippen LogP contribution in [0.25, 0.3) is 0 Å². The Bertz CT molecular complexity index is 984. The first-order valence-electron chi connectivity index (χ1n) is 10.8. The van der Waals surface area contributed by atoms with Gasteiger partial charge < -0.3 is 4.74 Å². The molecule has 30 heavy (non-hydrogen) atoms. The van der Waals surface area contributed by atoms with Gasteiger partial charge in [-0.25, -0.2) is 8.42 Å². The first kappa shape index (κ1) is 21.9. The number of sulfone groups is 1. The molecule has 9 heteroatoms. The molecular weight excluding hydrogens is 420 g/mol. The highest BCUT2D eigenvalue weighted by Crippen LogP contribution is 2.46. The number of piperidine rings is 1. The number of ether oxygens (including phenoxy) is 1. The van der Waals surface area contributed by atoms with Gasteiger partial charge in [-0.3, -0.25) is 9.58 Å². The van der Waals surface area contributed by atoms with Crippen molar-refractivity contribution < 1.29 is 13.2 Å². The van der Waals surface area contributed by atoms with Gasteiger partial charge in [-0.2, -0.15) is 0 Å². The molecule has 2 aliphatic rings. The highest BCUT2D eigenvalue weighted by Gasteiger charge is 2.44. The van der Waals surface area contributed by atoms with Crippen molar-refractivity contribution in [3.8, 4) is 0 Å². The van der Waals surface area contributed by atoms with Crippen molar-refractivity contribution in [3.63, 3.8) is 0 Å². The van der Waals surface area contributed by atoms with E-state index in [1.807, 2.05) is 17.5 Å². The SMILES string of the molecule is CCCc1cc2c(s1)CCO[C@@]21CCN(Cc2cn(CCS(C)(=O)=O)nn2)[C@@H](C)C1. The minimum absolute atomic E-state index is 0.0821. The predicted molar refractivity (Wildman–Crippen MR) is 118 cm³/mol. The lowest BCUT2D eigenvalue weighted by Gasteiger charge is -2.47. The van der Waals surface area contributed by atoms with Gasteiger partial charge >= 0.3 is 0 Å². The van der Waals surface area contributed by atoms with E-state index in [1.165, 1.54) is 28.0 Å². The maximum absolute atomic E-state index is 11.4. The van der Waals surface area contributed by atoms with Crippen LogP contribution in [0.3, 0.4) is 0 Å². The number of nitrogens with zero attached hydrogens (tertiary/aromatic N) is 4. The summed E-state index contributed by atoms with van der Waals surface area (Å²) in [5.74, 6) is 0.0821. The van der Waals surface area contributed by atoms with E-state index in [4.69, 9.17) is 4.74 Å². The van der Waals surface area contributed by atoms with Crippen molar-refractivity contribution in [3.05, 3.63) is 33.3 Å². The number of rotatable bonds is 7. The molecule has 0 unspecified atom stereocenters. The molecule has 2 aliphatic heterocycles. The normalized spacial score (nSPS) is 25.0. The first-order valence-corrected chi connectivity index (χ1v) is 13.7. The van der Waals surface area contributed by atoms with Crippen molar-refractivity contribution in [2.75, 3.05) is 25.2 Å². The van der Waals surface area contributed by atoms with Gasteiger partial charge in [0.05, 0.1) is 30.2 Å². The minimum Gasteiger partial charge on any atom is -0.370 e. The van der Waals surface area contributed by atoms with Crippen LogP contribution in [0.2, 0.25) is 0 Å². The van der Waals surface area contributed by atoms with E-state index in [-0.39, 0.29) is 11.4 Å². The Morgan fingerprint density at radius 1 is 1.40 bits per heavy atom. The van der Waals surface area contributed by atoms with Gasteiger partial charge in [0.2, 0.25) is 0 Å². The van der Waals surface area contributed by atoms with Gasteiger partial charge in [-0.15, -0.1) is 16.4 Å². The molecule has 0 aliphatic carbocycles. The van der Waals surface area contributed by atoms with E-state index in [1.54, 1.807) is 4.68 Å². The molecular formula is C21H32N4O3S2. The van der Waals surface area contributed by atoms with E-state index in [0.29, 0.717) is 12.6 Å². The van der Waals surface area contributed by atoms with E-state index < -0.39 is 9.84 Å². The molecule has 4 rings (SSSR count). The molecule has 1 spiro atoms. The topological polar surface area (TPSA) is 77.3 Å². The molecule has 166 valence electrons. The van der Waals surface area contributed by atoms with Crippen LogP contribution in [0.5, 0.6) is 0 Å². The summed E-state index contributed by atoms with van der Waals surface area (Å²) in [5.41, 5.74) is 2.19. The monoisotopic (exact) mass is 452 g/mol. The van der Waals surface area contributed by atoms with Crippen molar-refractivity contribution >= 4 is 21.2 Å². The summed E-state index contributed by atoms with van der Waals surface area (Å²) in [6.45, 7) is 7.36. The fraction of sp³-hybridized carbons (Fsp3) is 0.714. The van der Waals surface area contributed by atoms with E-state index in [9.17, 15) is 8.42 Å². The zero-order chi connectivity index (χ0) is 21.4. The fourth-order valence-electron chi connectivity index (χ4n) is 4.69. The third kappa shape index (κ3) is 4.79. The number of hydrogen-bond acceptors (Lipinski definition) is 7. The quantitative estimate of drug-likeness (QED) is 0.643. The summed E-state index contributed by atoms with van der Waals surface area (Å²) < 4.78 is 30.8. The second kappa shape index (κ2) is 8.68. The van der Waals surface area contributed by atoms with E-state index >= 15 is 0 Å². The summed E-state index contributed by atoms with van der Waals surface area (Å²) in [4.78, 5) is 5.46. The van der Waals surface area contributed by atoms with Crippen LogP contribution in [0.1, 0.15) is 54.1 Å². The van der Waals surface area contributed by atoms with Crippen molar-refractivity contribution in [2.45, 2.75) is 70.7 Å². The van der Waals surface area contributed by atoms with Crippen LogP contribution in [0.15, 0.2) is 12.3 Å². The Balaban J connectivity index is 1.41. The van der Waals surface area contributed by atoms with Crippen LogP contribution in [0, 0.1) is 0 Å². The lowest BCUT2D eigenvalue weighted by molar-refractivity contribution is -0.112. The van der Waals surface area contributed by atoms with Crippen LogP contribution < -0.4 is 0 Å². The third-order valence-corrected chi connectivity index (χ3v) is 8.43. The van der Waals surface area contributed by atoms with Crippen LogP contribution in [0.4, 0.5) is 0 Å². The second-order valence-corrected chi connectivity index (χ2v) is 12.2. The van der Waals surface area contributed by atoms with E-state index in [0.717, 1.165) is 51.1 Å². The number of aryl methyl sites for hydroxylation is 2. The van der Waals surface area contributed by atoms with Crippen LogP contribution in [-0.2, 0) is 46.1 Å². The summed E-state index contributed by atoms with van der Waals surface area (Å²) >= 11 is 1.98. The lowest BCUT2D eigenvalue weighted by Crippen LogP contribution is -2.50.